The zero-order valence-corrected chi connectivity index (χ0v) is 12.4. The predicted molar refractivity (Wildman–Crippen MR) is 79.2 cm³/mol. The zero-order chi connectivity index (χ0) is 15.4. The molecule has 0 aliphatic carbocycles. The monoisotopic (exact) mass is 352 g/mol. The summed E-state index contributed by atoms with van der Waals surface area (Å²) in [6.07, 6.45) is 1.72. The summed E-state index contributed by atoms with van der Waals surface area (Å²) in [5, 5.41) is 20.9. The van der Waals surface area contributed by atoms with Crippen LogP contribution in [-0.2, 0) is 11.2 Å². The Morgan fingerprint density at radius 2 is 1.95 bits per heavy atom. The van der Waals surface area contributed by atoms with Gasteiger partial charge in [0.15, 0.2) is 0 Å². The van der Waals surface area contributed by atoms with E-state index >= 15 is 0 Å². The Hall–Kier alpha value is -2.28. The number of aromatic hydroxyl groups is 1. The van der Waals surface area contributed by atoms with E-state index in [-0.39, 0.29) is 17.9 Å². The number of halogens is 1. The number of carboxylic acids is 1. The summed E-state index contributed by atoms with van der Waals surface area (Å²) in [4.78, 5) is 25.9. The summed E-state index contributed by atoms with van der Waals surface area (Å²) in [5.74, 6) is -1.51. The van der Waals surface area contributed by atoms with E-state index in [4.69, 9.17) is 0 Å². The number of aliphatic carboxylic acids is 1. The van der Waals surface area contributed by atoms with Crippen molar-refractivity contribution in [3.63, 3.8) is 0 Å². The number of nitrogens with one attached hydrogen (secondary N) is 2. The molecule has 0 fully saturated rings. The first-order valence-corrected chi connectivity index (χ1v) is 6.90. The third-order valence-corrected chi connectivity index (χ3v) is 3.33. The SMILES string of the molecule is O=C(N[C@@H](Cc1ccc(O)cc1)C(=O)O)c1cc(Br)c[nH]1. The van der Waals surface area contributed by atoms with Crippen molar-refractivity contribution in [3.05, 3.63) is 52.3 Å². The minimum absolute atomic E-state index is 0.103. The molecule has 21 heavy (non-hydrogen) atoms. The van der Waals surface area contributed by atoms with Crippen molar-refractivity contribution in [2.45, 2.75) is 12.5 Å². The first kappa shape index (κ1) is 15.1. The molecule has 2 rings (SSSR count). The third-order valence-electron chi connectivity index (χ3n) is 2.87. The van der Waals surface area contributed by atoms with Gasteiger partial charge < -0.3 is 20.5 Å². The van der Waals surface area contributed by atoms with Crippen LogP contribution in [0.15, 0.2) is 41.0 Å². The van der Waals surface area contributed by atoms with E-state index in [1.54, 1.807) is 24.4 Å². The Bertz CT molecular complexity index is 651. The number of carboxylic acid groups (broad SMARTS) is 1. The van der Waals surface area contributed by atoms with Gasteiger partial charge in [0.05, 0.1) is 0 Å². The van der Waals surface area contributed by atoms with E-state index in [9.17, 15) is 19.8 Å². The summed E-state index contributed by atoms with van der Waals surface area (Å²) >= 11 is 3.20. The molecule has 0 spiro atoms. The summed E-state index contributed by atoms with van der Waals surface area (Å²) < 4.78 is 0.707. The number of amides is 1. The fourth-order valence-electron chi connectivity index (χ4n) is 1.80. The number of benzene rings is 1. The Morgan fingerprint density at radius 1 is 1.29 bits per heavy atom. The summed E-state index contributed by atoms with van der Waals surface area (Å²) in [7, 11) is 0. The normalized spacial score (nSPS) is 11.9. The van der Waals surface area contributed by atoms with Gasteiger partial charge in [-0.2, -0.15) is 0 Å². The lowest BCUT2D eigenvalue weighted by molar-refractivity contribution is -0.139. The van der Waals surface area contributed by atoms with Crippen LogP contribution in [0.25, 0.3) is 0 Å². The van der Waals surface area contributed by atoms with E-state index < -0.39 is 17.9 Å². The molecule has 0 aliphatic heterocycles. The van der Waals surface area contributed by atoms with Crippen LogP contribution in [0.2, 0.25) is 0 Å². The highest BCUT2D eigenvalue weighted by atomic mass is 79.9. The van der Waals surface area contributed by atoms with Gasteiger partial charge in [0.1, 0.15) is 17.5 Å². The number of aromatic amines is 1. The van der Waals surface area contributed by atoms with Gasteiger partial charge in [0.25, 0.3) is 5.91 Å². The molecule has 0 unspecified atom stereocenters. The van der Waals surface area contributed by atoms with Crippen molar-refractivity contribution in [2.75, 3.05) is 0 Å². The van der Waals surface area contributed by atoms with E-state index in [0.29, 0.717) is 10.0 Å². The number of hydrogen-bond donors (Lipinski definition) is 4. The topological polar surface area (TPSA) is 102 Å². The molecule has 0 bridgehead atoms. The number of rotatable bonds is 5. The van der Waals surface area contributed by atoms with Crippen LogP contribution in [-0.4, -0.2) is 33.1 Å². The summed E-state index contributed by atoms with van der Waals surface area (Å²) in [6, 6.07) is 6.68. The second-order valence-electron chi connectivity index (χ2n) is 4.47. The van der Waals surface area contributed by atoms with Crippen LogP contribution in [0.1, 0.15) is 16.1 Å². The van der Waals surface area contributed by atoms with Crippen molar-refractivity contribution >= 4 is 27.8 Å². The largest absolute Gasteiger partial charge is 0.508 e. The fraction of sp³-hybridized carbons (Fsp3) is 0.143. The van der Waals surface area contributed by atoms with Gasteiger partial charge in [0.2, 0.25) is 0 Å². The molecule has 6 nitrogen and oxygen atoms in total. The van der Waals surface area contributed by atoms with Gasteiger partial charge in [-0.3, -0.25) is 4.79 Å². The third kappa shape index (κ3) is 4.09. The maximum absolute atomic E-state index is 12.0. The molecule has 110 valence electrons. The molecule has 4 N–H and O–H groups in total. The molecule has 1 atom stereocenters. The lowest BCUT2D eigenvalue weighted by Gasteiger charge is -2.14. The van der Waals surface area contributed by atoms with Crippen LogP contribution in [0.3, 0.4) is 0 Å². The average molecular weight is 353 g/mol. The second-order valence-corrected chi connectivity index (χ2v) is 5.38. The number of carbonyl (C=O) groups excluding carboxylic acids is 1. The maximum atomic E-state index is 12.0. The van der Waals surface area contributed by atoms with Gasteiger partial charge in [-0.05, 0) is 39.7 Å². The molecule has 1 aromatic heterocycles. The van der Waals surface area contributed by atoms with E-state index in [2.05, 4.69) is 26.2 Å². The van der Waals surface area contributed by atoms with E-state index in [1.807, 2.05) is 0 Å². The van der Waals surface area contributed by atoms with Crippen LogP contribution >= 0.6 is 15.9 Å². The molecule has 0 radical (unpaired) electrons. The van der Waals surface area contributed by atoms with Crippen LogP contribution < -0.4 is 5.32 Å². The number of phenols is 1. The first-order chi connectivity index (χ1) is 9.95. The smallest absolute Gasteiger partial charge is 0.326 e. The van der Waals surface area contributed by atoms with E-state index in [1.165, 1.54) is 12.1 Å². The minimum Gasteiger partial charge on any atom is -0.508 e. The molecular formula is C14H13BrN2O4. The standard InChI is InChI=1S/C14H13BrN2O4/c15-9-6-11(16-7-9)13(19)17-12(14(20)21)5-8-1-3-10(18)4-2-8/h1-4,6-7,12,16,18H,5H2,(H,17,19)(H,20,21)/t12-/m0/s1. The number of aromatic nitrogens is 1. The van der Waals surface area contributed by atoms with Crippen LogP contribution in [0, 0.1) is 0 Å². The van der Waals surface area contributed by atoms with Crippen molar-refractivity contribution < 1.29 is 19.8 Å². The number of H-pyrrole nitrogens is 1. The highest BCUT2D eigenvalue weighted by Crippen LogP contribution is 2.13. The quantitative estimate of drug-likeness (QED) is 0.659. The number of carbonyl (C=O) groups is 2. The molecule has 0 saturated carbocycles. The Labute approximate surface area is 128 Å². The van der Waals surface area contributed by atoms with Crippen molar-refractivity contribution in [2.24, 2.45) is 0 Å². The molecule has 0 aliphatic rings. The second kappa shape index (κ2) is 6.45. The zero-order valence-electron chi connectivity index (χ0n) is 10.8. The van der Waals surface area contributed by atoms with Crippen LogP contribution in [0.4, 0.5) is 0 Å². The summed E-state index contributed by atoms with van der Waals surface area (Å²) in [5.41, 5.74) is 0.979. The number of hydrogen-bond acceptors (Lipinski definition) is 3. The molecule has 2 aromatic rings. The van der Waals surface area contributed by atoms with Crippen LogP contribution in [0.5, 0.6) is 5.75 Å². The maximum Gasteiger partial charge on any atom is 0.326 e. The fourth-order valence-corrected chi connectivity index (χ4v) is 2.15. The lowest BCUT2D eigenvalue weighted by Crippen LogP contribution is -2.42. The average Bonchev–Trinajstić information content (AvgIpc) is 2.87. The molecule has 1 aromatic carbocycles. The van der Waals surface area contributed by atoms with Crippen molar-refractivity contribution in [1.29, 1.82) is 0 Å². The number of phenolic OH excluding ortho intramolecular Hbond substituents is 1. The van der Waals surface area contributed by atoms with Crippen molar-refractivity contribution in [3.8, 4) is 5.75 Å². The van der Waals surface area contributed by atoms with Gasteiger partial charge in [0, 0.05) is 17.1 Å². The lowest BCUT2D eigenvalue weighted by atomic mass is 10.1. The van der Waals surface area contributed by atoms with Crippen molar-refractivity contribution in [1.82, 2.24) is 10.3 Å². The Morgan fingerprint density at radius 3 is 2.48 bits per heavy atom. The molecule has 1 heterocycles. The Balaban J connectivity index is 2.07. The molecule has 0 saturated heterocycles. The van der Waals surface area contributed by atoms with Gasteiger partial charge in [-0.25, -0.2) is 4.79 Å². The predicted octanol–water partition coefficient (Wildman–Crippen LogP) is 1.91. The highest BCUT2D eigenvalue weighted by molar-refractivity contribution is 9.10. The van der Waals surface area contributed by atoms with Gasteiger partial charge in [-0.15, -0.1) is 0 Å². The first-order valence-electron chi connectivity index (χ1n) is 6.11. The Kier molecular flexibility index (Phi) is 4.64. The van der Waals surface area contributed by atoms with E-state index in [0.717, 1.165) is 0 Å². The van der Waals surface area contributed by atoms with Gasteiger partial charge >= 0.3 is 5.97 Å². The summed E-state index contributed by atoms with van der Waals surface area (Å²) in [6.45, 7) is 0. The molecule has 7 heteroatoms. The van der Waals surface area contributed by atoms with Gasteiger partial charge in [-0.1, -0.05) is 12.1 Å². The molecular weight excluding hydrogens is 340 g/mol. The highest BCUT2D eigenvalue weighted by Gasteiger charge is 2.21. The molecule has 1 amide bonds. The minimum atomic E-state index is -1.12.